The van der Waals surface area contributed by atoms with E-state index in [1.165, 1.54) is 83.1 Å². The van der Waals surface area contributed by atoms with Gasteiger partial charge in [-0.1, -0.05) is 200 Å². The van der Waals surface area contributed by atoms with Crippen molar-refractivity contribution in [3.05, 3.63) is 369 Å². The summed E-state index contributed by atoms with van der Waals surface area (Å²) in [6.07, 6.45) is 0.750. The summed E-state index contributed by atoms with van der Waals surface area (Å²) in [5.41, 5.74) is 34.0. The predicted molar refractivity (Wildman–Crippen MR) is 421 cm³/mol. The third-order valence-electron chi connectivity index (χ3n) is 21.4. The summed E-state index contributed by atoms with van der Waals surface area (Å²) in [6, 6.07) is 133. The van der Waals surface area contributed by atoms with Gasteiger partial charge in [0.2, 0.25) is 0 Å². The molecule has 7 nitrogen and oxygen atoms in total. The number of nitrogens with zero attached hydrogens (tertiary/aromatic N) is 7. The van der Waals surface area contributed by atoms with Crippen molar-refractivity contribution in [2.45, 2.75) is 6.42 Å². The van der Waals surface area contributed by atoms with E-state index in [-0.39, 0.29) is 13.4 Å². The zero-order valence-electron chi connectivity index (χ0n) is 54.6. The first kappa shape index (κ1) is 56.2. The molecule has 0 spiro atoms. The summed E-state index contributed by atoms with van der Waals surface area (Å²) in [5.74, 6) is 0. The maximum atomic E-state index is 2.65. The molecule has 15 aromatic carbocycles. The summed E-state index contributed by atoms with van der Waals surface area (Å²) in [7, 11) is 0. The lowest BCUT2D eigenvalue weighted by Gasteiger charge is -2.47. The lowest BCUT2D eigenvalue weighted by molar-refractivity contribution is 1.07. The van der Waals surface area contributed by atoms with Crippen molar-refractivity contribution < 1.29 is 0 Å². The normalized spacial score (nSPS) is 13.4. The topological polar surface area (TPSA) is 24.4 Å². The Balaban J connectivity index is 0.887. The fraction of sp³-hybridized carbons (Fsp3) is 0.0110. The number of benzene rings is 15. The number of aromatic nitrogens is 1. The SMILES string of the molecule is c1ccc(N(c2ccccc2)c2cc3c4c(c2)N(c2ccccc2)c2cc5c6cc7c(cc6n(-c6ccccc6)c5cc2B4c2ccccc2N3c2ccccc2)B2c3ccccc3N(c3ccccc3)c3cc4c(c(c32)N7c2ccccc2)Cc2ccccc2N4c2ccccc2)cc1. The Morgan fingerprint density at radius 1 is 0.240 bits per heavy atom. The Morgan fingerprint density at radius 2 is 0.590 bits per heavy atom. The minimum Gasteiger partial charge on any atom is -0.311 e. The number of anilines is 18. The largest absolute Gasteiger partial charge is 0.311 e. The van der Waals surface area contributed by atoms with Gasteiger partial charge in [-0.15, -0.1) is 0 Å². The van der Waals surface area contributed by atoms with Crippen molar-refractivity contribution in [3.63, 3.8) is 0 Å². The smallest absolute Gasteiger partial charge is 0.252 e. The van der Waals surface area contributed by atoms with Crippen molar-refractivity contribution in [2.75, 3.05) is 29.4 Å². The molecule has 0 fully saturated rings. The number of rotatable bonds is 9. The van der Waals surface area contributed by atoms with Gasteiger partial charge >= 0.3 is 0 Å². The average Bonchev–Trinajstić information content (AvgIpc) is 1.02. The van der Waals surface area contributed by atoms with Crippen LogP contribution in [0.25, 0.3) is 27.5 Å². The van der Waals surface area contributed by atoms with E-state index in [1.807, 2.05) is 0 Å². The Kier molecular flexibility index (Phi) is 12.5. The molecule has 6 heterocycles. The van der Waals surface area contributed by atoms with E-state index in [9.17, 15) is 0 Å². The molecule has 5 aliphatic rings. The second-order valence-electron chi connectivity index (χ2n) is 26.7. The zero-order valence-corrected chi connectivity index (χ0v) is 54.6. The fourth-order valence-electron chi connectivity index (χ4n) is 17.4. The van der Waals surface area contributed by atoms with Gasteiger partial charge in [0.15, 0.2) is 0 Å². The molecule has 0 unspecified atom stereocenters. The summed E-state index contributed by atoms with van der Waals surface area (Å²) < 4.78 is 2.58. The van der Waals surface area contributed by atoms with Crippen LogP contribution in [-0.4, -0.2) is 18.0 Å². The number of fused-ring (bicyclic) bond motifs is 14. The highest BCUT2D eigenvalue weighted by Crippen LogP contribution is 2.56. The van der Waals surface area contributed by atoms with Crippen molar-refractivity contribution >= 4 is 170 Å². The second kappa shape index (κ2) is 22.3. The molecule has 0 bridgehead atoms. The van der Waals surface area contributed by atoms with Crippen LogP contribution in [0.1, 0.15) is 11.1 Å². The highest BCUT2D eigenvalue weighted by molar-refractivity contribution is 7.01. The average molecular weight is 1270 g/mol. The van der Waals surface area contributed by atoms with E-state index in [0.29, 0.717) is 0 Å². The second-order valence-corrected chi connectivity index (χ2v) is 26.7. The molecule has 1 aromatic heterocycles. The zero-order chi connectivity index (χ0) is 65.5. The Morgan fingerprint density at radius 3 is 1.06 bits per heavy atom. The van der Waals surface area contributed by atoms with Crippen molar-refractivity contribution in [1.29, 1.82) is 0 Å². The quantitative estimate of drug-likeness (QED) is 0.134. The molecule has 0 radical (unpaired) electrons. The van der Waals surface area contributed by atoms with E-state index >= 15 is 0 Å². The Labute approximate surface area is 581 Å². The highest BCUT2D eigenvalue weighted by Gasteiger charge is 2.48. The van der Waals surface area contributed by atoms with Gasteiger partial charge in [0, 0.05) is 119 Å². The van der Waals surface area contributed by atoms with Gasteiger partial charge in [0.25, 0.3) is 13.4 Å². The number of hydrogen-bond acceptors (Lipinski definition) is 6. The molecule has 0 saturated heterocycles. The lowest BCUT2D eigenvalue weighted by Crippen LogP contribution is -2.61. The minimum absolute atomic E-state index is 0.156. The van der Waals surface area contributed by atoms with E-state index < -0.39 is 0 Å². The third kappa shape index (κ3) is 8.36. The van der Waals surface area contributed by atoms with Gasteiger partial charge in [0.1, 0.15) is 0 Å². The molecule has 0 N–H and O–H groups in total. The van der Waals surface area contributed by atoms with Crippen molar-refractivity contribution in [1.82, 2.24) is 4.57 Å². The van der Waals surface area contributed by atoms with Gasteiger partial charge in [-0.2, -0.15) is 0 Å². The third-order valence-corrected chi connectivity index (χ3v) is 21.4. The summed E-state index contributed by atoms with van der Waals surface area (Å²) >= 11 is 0. The maximum Gasteiger partial charge on any atom is 0.252 e. The van der Waals surface area contributed by atoms with E-state index in [4.69, 9.17) is 0 Å². The molecular weight excluding hydrogens is 1210 g/mol. The fourth-order valence-corrected chi connectivity index (χ4v) is 17.4. The summed E-state index contributed by atoms with van der Waals surface area (Å²) in [5, 5.41) is 2.34. The number of para-hydroxylation sites is 11. The van der Waals surface area contributed by atoms with Crippen molar-refractivity contribution in [3.8, 4) is 5.69 Å². The summed E-state index contributed by atoms with van der Waals surface area (Å²) in [6.45, 7) is -0.316. The van der Waals surface area contributed by atoms with E-state index in [1.54, 1.807) is 0 Å². The van der Waals surface area contributed by atoms with Gasteiger partial charge in [-0.3, -0.25) is 0 Å². The molecule has 0 saturated carbocycles. The standard InChI is InChI=1S/C91H61B2N7/c1-9-32-62(33-10-1)94(63-34-11-2-12-35-63)70-54-86-89-87(55-70)99(68-44-21-7-22-45-68)84-56-71-72-57-85-77(59-82(72)98(67-42-19-6-20-43-67)81(71)58-76(84)92(89)74-48-26-29-51-79(74)96(86)65-38-15-4-16-39-65)93-75-49-27-30-52-80(75)97(66-40-17-5-18-41-66)88-60-83-73(91(90(88)93)100(85)69-46-23-8-24-47-69)53-61-31-25-28-50-78(61)95(83)64-36-13-3-14-37-64/h1-52,54-60H,53H2. The first-order chi connectivity index (χ1) is 49.7. The molecule has 0 aliphatic carbocycles. The Bertz CT molecular complexity index is 5880. The lowest BCUT2D eigenvalue weighted by atomic mass is 9.33. The van der Waals surface area contributed by atoms with Gasteiger partial charge in [-0.25, -0.2) is 0 Å². The highest BCUT2D eigenvalue weighted by atomic mass is 15.2. The number of hydrogen-bond donors (Lipinski definition) is 0. The van der Waals surface area contributed by atoms with E-state index in [2.05, 4.69) is 392 Å². The van der Waals surface area contributed by atoms with E-state index in [0.717, 1.165) is 97.1 Å². The molecule has 0 atom stereocenters. The molecule has 16 aromatic rings. The molecule has 5 aliphatic heterocycles. The first-order valence-electron chi connectivity index (χ1n) is 34.7. The molecule has 100 heavy (non-hydrogen) atoms. The van der Waals surface area contributed by atoms with Gasteiger partial charge < -0.3 is 34.0 Å². The maximum absolute atomic E-state index is 2.65. The molecular formula is C91H61B2N7. The van der Waals surface area contributed by atoms with Crippen LogP contribution in [-0.2, 0) is 6.42 Å². The van der Waals surface area contributed by atoms with Gasteiger partial charge in [-0.05, 0) is 196 Å². The van der Waals surface area contributed by atoms with Crippen LogP contribution in [0.3, 0.4) is 0 Å². The monoisotopic (exact) mass is 1270 g/mol. The van der Waals surface area contributed by atoms with Crippen LogP contribution in [0.5, 0.6) is 0 Å². The minimum atomic E-state index is -0.161. The first-order valence-corrected chi connectivity index (χ1v) is 34.7. The van der Waals surface area contributed by atoms with Crippen LogP contribution >= 0.6 is 0 Å². The van der Waals surface area contributed by atoms with Crippen LogP contribution in [0.15, 0.2) is 358 Å². The van der Waals surface area contributed by atoms with Gasteiger partial charge in [0.05, 0.1) is 22.4 Å². The van der Waals surface area contributed by atoms with Crippen LogP contribution in [0, 0.1) is 0 Å². The summed E-state index contributed by atoms with van der Waals surface area (Å²) in [4.78, 5) is 15.2. The molecule has 0 amide bonds. The van der Waals surface area contributed by atoms with Crippen LogP contribution in [0.2, 0.25) is 0 Å². The molecule has 21 rings (SSSR count). The van der Waals surface area contributed by atoms with Crippen LogP contribution in [0.4, 0.5) is 102 Å². The van der Waals surface area contributed by atoms with Crippen LogP contribution < -0.4 is 62.2 Å². The Hall–Kier alpha value is -13.0. The predicted octanol–water partition coefficient (Wildman–Crippen LogP) is 19.8. The molecule has 9 heteroatoms. The van der Waals surface area contributed by atoms with Crippen molar-refractivity contribution in [2.24, 2.45) is 0 Å². The molecule has 466 valence electrons.